The zero-order chi connectivity index (χ0) is 34.9. The van der Waals surface area contributed by atoms with Crippen molar-refractivity contribution in [3.8, 4) is 0 Å². The van der Waals surface area contributed by atoms with E-state index in [-0.39, 0.29) is 41.7 Å². The molecule has 2 unspecified atom stereocenters. The van der Waals surface area contributed by atoms with Gasteiger partial charge in [0.1, 0.15) is 12.1 Å². The number of Topliss-reactive ketones (excluding diaryl/α,β-unsaturated/α-hetero) is 1. The minimum atomic E-state index is -3.38. The largest absolute Gasteiger partial charge is 0.349 e. The lowest BCUT2D eigenvalue weighted by Crippen LogP contribution is -2.65. The van der Waals surface area contributed by atoms with Gasteiger partial charge >= 0.3 is 6.03 Å². The summed E-state index contributed by atoms with van der Waals surface area (Å²) in [6, 6.07) is -3.54. The molecule has 0 aromatic rings. The van der Waals surface area contributed by atoms with Crippen LogP contribution in [0.1, 0.15) is 113 Å². The van der Waals surface area contributed by atoms with Crippen molar-refractivity contribution >= 4 is 39.4 Å². The Bertz CT molecular complexity index is 1200. The van der Waals surface area contributed by atoms with Gasteiger partial charge in [-0.05, 0) is 49.4 Å². The van der Waals surface area contributed by atoms with E-state index in [1.807, 2.05) is 34.6 Å². The van der Waals surface area contributed by atoms with Crippen molar-refractivity contribution in [1.82, 2.24) is 26.2 Å². The maximum atomic E-state index is 14.2. The molecular formula is C33H59N5O7S. The molecule has 1 aliphatic carbocycles. The molecule has 5 amide bonds. The molecule has 13 heteroatoms. The standard InChI is InChI=1S/C33H59N5O7S/c1-9-15-24(27(39)29(41)34-18-10-2)35-28(40)25-19-32(7,8)23(6)20-38(25)30(42)26(22(4)5)36-31(43)37-33(16-13-12-14-17-33)21-46(44,45)11-3/h22-26H,9-21H2,1-8H3,(H,34,41)(H,35,40)(H2,36,37,43)/t23?,24?,25-,26-/m0/s1. The quantitative estimate of drug-likeness (QED) is 0.194. The fraction of sp³-hybridized carbons (Fsp3) is 0.848. The number of likely N-dealkylation sites (tertiary alicyclic amines) is 1. The van der Waals surface area contributed by atoms with Gasteiger partial charge in [-0.25, -0.2) is 13.2 Å². The van der Waals surface area contributed by atoms with Gasteiger partial charge in [0, 0.05) is 18.8 Å². The second-order valence-electron chi connectivity index (χ2n) is 14.4. The van der Waals surface area contributed by atoms with E-state index in [4.69, 9.17) is 0 Å². The third-order valence-electron chi connectivity index (χ3n) is 9.80. The Balaban J connectivity index is 2.33. The summed E-state index contributed by atoms with van der Waals surface area (Å²) < 4.78 is 25.2. The third kappa shape index (κ3) is 10.7. The second-order valence-corrected chi connectivity index (χ2v) is 16.8. The Morgan fingerprint density at radius 3 is 2.11 bits per heavy atom. The molecule has 0 radical (unpaired) electrons. The van der Waals surface area contributed by atoms with E-state index >= 15 is 0 Å². The number of hydrogen-bond acceptors (Lipinski definition) is 7. The highest BCUT2D eigenvalue weighted by Gasteiger charge is 2.47. The number of hydrogen-bond donors (Lipinski definition) is 4. The first-order valence-corrected chi connectivity index (χ1v) is 19.0. The zero-order valence-electron chi connectivity index (χ0n) is 29.3. The number of urea groups is 1. The van der Waals surface area contributed by atoms with Crippen molar-refractivity contribution in [3.05, 3.63) is 0 Å². The molecule has 1 saturated heterocycles. The molecule has 0 bridgehead atoms. The average molecular weight is 670 g/mol. The van der Waals surface area contributed by atoms with Crippen LogP contribution in [-0.4, -0.2) is 91.1 Å². The number of rotatable bonds is 15. The molecule has 1 saturated carbocycles. The number of nitrogens with one attached hydrogen (secondary N) is 4. The molecule has 1 heterocycles. The molecule has 4 atom stereocenters. The normalized spacial score (nSPS) is 22.3. The Kier molecular flexibility index (Phi) is 14.5. The van der Waals surface area contributed by atoms with E-state index < -0.39 is 63.0 Å². The Morgan fingerprint density at radius 2 is 1.57 bits per heavy atom. The van der Waals surface area contributed by atoms with Crippen molar-refractivity contribution in [2.24, 2.45) is 17.3 Å². The predicted molar refractivity (Wildman–Crippen MR) is 179 cm³/mol. The van der Waals surface area contributed by atoms with E-state index in [0.717, 1.165) is 19.3 Å². The van der Waals surface area contributed by atoms with Crippen LogP contribution in [0.3, 0.4) is 0 Å². The first-order chi connectivity index (χ1) is 21.4. The van der Waals surface area contributed by atoms with Gasteiger partial charge in [-0.15, -0.1) is 0 Å². The van der Waals surface area contributed by atoms with Crippen molar-refractivity contribution in [1.29, 1.82) is 0 Å². The van der Waals surface area contributed by atoms with Crippen LogP contribution >= 0.6 is 0 Å². The topological polar surface area (TPSA) is 171 Å². The first-order valence-electron chi connectivity index (χ1n) is 17.1. The molecule has 264 valence electrons. The summed E-state index contributed by atoms with van der Waals surface area (Å²) in [6.07, 6.45) is 5.46. The summed E-state index contributed by atoms with van der Waals surface area (Å²) in [5.74, 6) is -2.89. The second kappa shape index (κ2) is 16.9. The van der Waals surface area contributed by atoms with Crippen LogP contribution < -0.4 is 21.3 Å². The summed E-state index contributed by atoms with van der Waals surface area (Å²) in [6.45, 7) is 15.6. The maximum Gasteiger partial charge on any atom is 0.315 e. The number of carbonyl (C=O) groups is 5. The van der Waals surface area contributed by atoms with Gasteiger partial charge in [0.05, 0.1) is 17.3 Å². The van der Waals surface area contributed by atoms with Crippen LogP contribution in [0.2, 0.25) is 0 Å². The summed E-state index contributed by atoms with van der Waals surface area (Å²) in [5, 5.41) is 11.1. The van der Waals surface area contributed by atoms with Gasteiger partial charge in [0.2, 0.25) is 17.6 Å². The molecular weight excluding hydrogens is 610 g/mol. The Hall–Kier alpha value is -2.70. The third-order valence-corrected chi connectivity index (χ3v) is 11.7. The van der Waals surface area contributed by atoms with Crippen LogP contribution in [-0.2, 0) is 29.0 Å². The van der Waals surface area contributed by atoms with Crippen molar-refractivity contribution in [3.63, 3.8) is 0 Å². The van der Waals surface area contributed by atoms with Crippen LogP contribution in [0.4, 0.5) is 4.79 Å². The number of ketones is 1. The molecule has 1 aliphatic heterocycles. The van der Waals surface area contributed by atoms with E-state index in [0.29, 0.717) is 38.6 Å². The van der Waals surface area contributed by atoms with Crippen LogP contribution in [0.15, 0.2) is 0 Å². The molecule has 2 rings (SSSR count). The SMILES string of the molecule is CCCNC(=O)C(=O)C(CCC)NC(=O)[C@@H]1CC(C)(C)C(C)CN1C(=O)[C@@H](NC(=O)NC1(CS(=O)(=O)CC)CCCCC1)C(C)C. The van der Waals surface area contributed by atoms with Gasteiger partial charge in [-0.2, -0.15) is 0 Å². The van der Waals surface area contributed by atoms with Gasteiger partial charge in [-0.3, -0.25) is 19.2 Å². The summed E-state index contributed by atoms with van der Waals surface area (Å²) in [7, 11) is -3.38. The molecule has 2 fully saturated rings. The molecule has 0 aromatic heterocycles. The fourth-order valence-corrected chi connectivity index (χ4v) is 7.84. The minimum Gasteiger partial charge on any atom is -0.349 e. The van der Waals surface area contributed by atoms with Gasteiger partial charge in [0.25, 0.3) is 5.91 Å². The summed E-state index contributed by atoms with van der Waals surface area (Å²) in [5.41, 5.74) is -1.21. The minimum absolute atomic E-state index is 0.0216. The fourth-order valence-electron chi connectivity index (χ4n) is 6.43. The molecule has 0 spiro atoms. The number of nitrogens with zero attached hydrogens (tertiary/aromatic N) is 1. The molecule has 2 aliphatic rings. The van der Waals surface area contributed by atoms with E-state index in [9.17, 15) is 32.4 Å². The lowest BCUT2D eigenvalue weighted by Gasteiger charge is -2.48. The predicted octanol–water partition coefficient (Wildman–Crippen LogP) is 3.09. The van der Waals surface area contributed by atoms with Gasteiger partial charge in [-0.1, -0.05) is 81.1 Å². The number of sulfone groups is 1. The van der Waals surface area contributed by atoms with Crippen LogP contribution in [0.5, 0.6) is 0 Å². The van der Waals surface area contributed by atoms with E-state index in [1.165, 1.54) is 4.90 Å². The van der Waals surface area contributed by atoms with Crippen molar-refractivity contribution in [2.75, 3.05) is 24.6 Å². The Morgan fingerprint density at radius 1 is 0.935 bits per heavy atom. The lowest BCUT2D eigenvalue weighted by molar-refractivity contribution is -0.150. The average Bonchev–Trinajstić information content (AvgIpc) is 2.98. The van der Waals surface area contributed by atoms with Crippen molar-refractivity contribution in [2.45, 2.75) is 137 Å². The highest BCUT2D eigenvalue weighted by molar-refractivity contribution is 7.91. The summed E-state index contributed by atoms with van der Waals surface area (Å²) >= 11 is 0. The first kappa shape index (κ1) is 39.5. The Labute approximate surface area is 276 Å². The maximum absolute atomic E-state index is 14.2. The molecule has 4 N–H and O–H groups in total. The van der Waals surface area contributed by atoms with Crippen molar-refractivity contribution < 1.29 is 32.4 Å². The molecule has 0 aromatic carbocycles. The zero-order valence-corrected chi connectivity index (χ0v) is 30.1. The number of carbonyl (C=O) groups excluding carboxylic acids is 5. The highest BCUT2D eigenvalue weighted by atomic mass is 32.2. The van der Waals surface area contributed by atoms with Crippen LogP contribution in [0, 0.1) is 17.3 Å². The monoisotopic (exact) mass is 669 g/mol. The van der Waals surface area contributed by atoms with Gasteiger partial charge < -0.3 is 26.2 Å². The highest BCUT2D eigenvalue weighted by Crippen LogP contribution is 2.39. The van der Waals surface area contributed by atoms with Gasteiger partial charge in [0.15, 0.2) is 9.84 Å². The smallest absolute Gasteiger partial charge is 0.315 e. The van der Waals surface area contributed by atoms with E-state index in [2.05, 4.69) is 21.3 Å². The molecule has 46 heavy (non-hydrogen) atoms. The molecule has 12 nitrogen and oxygen atoms in total. The van der Waals surface area contributed by atoms with Crippen LogP contribution in [0.25, 0.3) is 0 Å². The summed E-state index contributed by atoms with van der Waals surface area (Å²) in [4.78, 5) is 68.5. The van der Waals surface area contributed by atoms with E-state index in [1.54, 1.807) is 20.8 Å². The number of amides is 5. The number of piperidine rings is 1. The lowest BCUT2D eigenvalue weighted by atomic mass is 9.71.